The molecule has 0 aliphatic rings. The summed E-state index contributed by atoms with van der Waals surface area (Å²) < 4.78 is 0. The van der Waals surface area contributed by atoms with Crippen LogP contribution in [0, 0.1) is 6.92 Å². The summed E-state index contributed by atoms with van der Waals surface area (Å²) in [4.78, 5) is 9.34. The number of hydrogen-bond acceptors (Lipinski definition) is 1. The van der Waals surface area contributed by atoms with E-state index in [0.717, 1.165) is 0 Å². The smallest absolute Gasteiger partial charge is 0.106 e. The van der Waals surface area contributed by atoms with E-state index in [2.05, 4.69) is 43.3 Å². The highest BCUT2D eigenvalue weighted by Gasteiger charge is 1.88. The fraction of sp³-hybridized carbons (Fsp3) is 0.200. The van der Waals surface area contributed by atoms with Gasteiger partial charge in [0.2, 0.25) is 0 Å². The predicted octanol–water partition coefficient (Wildman–Crippen LogP) is 1.68. The Hall–Kier alpha value is -0.930. The van der Waals surface area contributed by atoms with Gasteiger partial charge in [0.1, 0.15) is 6.79 Å². The van der Waals surface area contributed by atoms with Crippen LogP contribution >= 0.6 is 10.5 Å². The molecule has 0 radical (unpaired) electrons. The summed E-state index contributed by atoms with van der Waals surface area (Å²) in [6.07, 6.45) is 2.13. The van der Waals surface area contributed by atoms with Crippen LogP contribution in [0.1, 0.15) is 5.56 Å². The molecule has 0 bridgehead atoms. The van der Waals surface area contributed by atoms with Gasteiger partial charge in [-0.05, 0) is 25.3 Å². The zero-order valence-electron chi connectivity index (χ0n) is 8.04. The first kappa shape index (κ1) is 14.6. The first-order chi connectivity index (χ1) is 5.70. The third kappa shape index (κ3) is 5.33. The molecular weight excluding hydrogens is 184 g/mol. The topological polar surface area (TPSA) is 48.6 Å². The molecule has 74 valence electrons. The van der Waals surface area contributed by atoms with Gasteiger partial charge in [-0.3, -0.25) is 0 Å². The maximum Gasteiger partial charge on any atom is 0.106 e. The second-order valence-electron chi connectivity index (χ2n) is 2.45. The lowest BCUT2D eigenvalue weighted by atomic mass is 10.2. The van der Waals surface area contributed by atoms with Crippen LogP contribution in [0.25, 0.3) is 0 Å². The number of hydrogen-bond donors (Lipinski definition) is 0. The average molecular weight is 200 g/mol. The van der Waals surface area contributed by atoms with Gasteiger partial charge in [0.05, 0.1) is 0 Å². The van der Waals surface area contributed by atoms with Gasteiger partial charge in [0.15, 0.2) is 0 Å². The Bertz CT molecular complexity index is 254. The SMILES string of the molecule is C=O.C=S(C)c1ccc(C)cc1.O. The summed E-state index contributed by atoms with van der Waals surface area (Å²) in [6.45, 7) is 4.10. The zero-order chi connectivity index (χ0) is 9.56. The summed E-state index contributed by atoms with van der Waals surface area (Å²) in [5, 5.41) is 0. The monoisotopic (exact) mass is 200 g/mol. The molecule has 0 aliphatic heterocycles. The van der Waals surface area contributed by atoms with E-state index in [4.69, 9.17) is 4.79 Å². The number of carbonyl (C=O) groups excluding carboxylic acids is 1. The van der Waals surface area contributed by atoms with Gasteiger partial charge in [-0.25, -0.2) is 0 Å². The average Bonchev–Trinajstić information content (AvgIpc) is 2.09. The van der Waals surface area contributed by atoms with E-state index >= 15 is 0 Å². The molecule has 13 heavy (non-hydrogen) atoms. The third-order valence-electron chi connectivity index (χ3n) is 1.42. The number of aryl methyl sites for hydroxylation is 1. The molecule has 0 spiro atoms. The molecule has 2 N–H and O–H groups in total. The lowest BCUT2D eigenvalue weighted by Gasteiger charge is -1.99. The highest BCUT2D eigenvalue weighted by Crippen LogP contribution is 2.19. The van der Waals surface area contributed by atoms with Crippen LogP contribution in [0.3, 0.4) is 0 Å². The molecular formula is C10H16O2S. The summed E-state index contributed by atoms with van der Waals surface area (Å²) in [5.41, 5.74) is 1.31. The zero-order valence-corrected chi connectivity index (χ0v) is 8.86. The fourth-order valence-electron chi connectivity index (χ4n) is 0.771. The maximum absolute atomic E-state index is 8.00. The van der Waals surface area contributed by atoms with E-state index in [9.17, 15) is 0 Å². The van der Waals surface area contributed by atoms with Crippen LogP contribution in [-0.2, 0) is 4.79 Å². The molecule has 1 atom stereocenters. The molecule has 0 fully saturated rings. The largest absolute Gasteiger partial charge is 0.412 e. The number of rotatable bonds is 1. The van der Waals surface area contributed by atoms with Crippen LogP contribution in [-0.4, -0.2) is 24.4 Å². The molecule has 0 heterocycles. The van der Waals surface area contributed by atoms with Crippen molar-refractivity contribution in [2.45, 2.75) is 11.8 Å². The van der Waals surface area contributed by atoms with Crippen LogP contribution in [0.4, 0.5) is 0 Å². The Kier molecular flexibility index (Phi) is 8.65. The van der Waals surface area contributed by atoms with E-state index < -0.39 is 0 Å². The van der Waals surface area contributed by atoms with Gasteiger partial charge >= 0.3 is 0 Å². The first-order valence-electron chi connectivity index (χ1n) is 3.51. The molecule has 1 rings (SSSR count). The van der Waals surface area contributed by atoms with Crippen LogP contribution in [0.5, 0.6) is 0 Å². The van der Waals surface area contributed by atoms with Gasteiger partial charge in [0.25, 0.3) is 0 Å². The standard InChI is InChI=1S/C9H12S.CH2O.H2O/c1-8-4-6-9(7-5-8)10(2)3;1-2;/h4-7H,2H2,1,3H3;1H2;1H2. The van der Waals surface area contributed by atoms with Crippen LogP contribution in [0.2, 0.25) is 0 Å². The Morgan fingerprint density at radius 2 is 1.54 bits per heavy atom. The van der Waals surface area contributed by atoms with Crippen molar-refractivity contribution in [1.82, 2.24) is 0 Å². The molecule has 2 nitrogen and oxygen atoms in total. The Labute approximate surface area is 81.8 Å². The summed E-state index contributed by atoms with van der Waals surface area (Å²) in [5.74, 6) is 3.97. The maximum atomic E-state index is 8.00. The molecule has 0 saturated heterocycles. The normalized spacial score (nSPS) is 10.3. The molecule has 0 amide bonds. The molecule has 0 aromatic heterocycles. The minimum Gasteiger partial charge on any atom is -0.412 e. The lowest BCUT2D eigenvalue weighted by Crippen LogP contribution is -1.73. The third-order valence-corrected chi connectivity index (χ3v) is 2.50. The molecule has 0 saturated carbocycles. The number of carbonyl (C=O) groups is 1. The summed E-state index contributed by atoms with van der Waals surface area (Å²) >= 11 is 0. The quantitative estimate of drug-likeness (QED) is 0.636. The van der Waals surface area contributed by atoms with Crippen molar-refractivity contribution < 1.29 is 10.3 Å². The second-order valence-corrected chi connectivity index (χ2v) is 4.20. The van der Waals surface area contributed by atoms with Crippen molar-refractivity contribution in [3.8, 4) is 0 Å². The Balaban J connectivity index is 0. The summed E-state index contributed by atoms with van der Waals surface area (Å²) in [6, 6.07) is 8.55. The van der Waals surface area contributed by atoms with Crippen molar-refractivity contribution in [2.75, 3.05) is 6.26 Å². The van der Waals surface area contributed by atoms with Crippen molar-refractivity contribution >= 4 is 23.1 Å². The van der Waals surface area contributed by atoms with Crippen molar-refractivity contribution in [2.24, 2.45) is 0 Å². The van der Waals surface area contributed by atoms with Gasteiger partial charge < -0.3 is 10.3 Å². The van der Waals surface area contributed by atoms with Crippen molar-refractivity contribution in [3.05, 3.63) is 29.8 Å². The Morgan fingerprint density at radius 1 is 1.15 bits per heavy atom. The molecule has 1 unspecified atom stereocenters. The molecule has 1 aromatic rings. The fourth-order valence-corrected chi connectivity index (χ4v) is 1.37. The van der Waals surface area contributed by atoms with E-state index in [1.165, 1.54) is 10.5 Å². The summed E-state index contributed by atoms with van der Waals surface area (Å²) in [7, 11) is 0.163. The van der Waals surface area contributed by atoms with Crippen LogP contribution in [0.15, 0.2) is 29.2 Å². The van der Waals surface area contributed by atoms with E-state index in [1.54, 1.807) is 0 Å². The number of benzene rings is 1. The molecule has 1 aromatic carbocycles. The second kappa shape index (κ2) is 7.71. The van der Waals surface area contributed by atoms with Gasteiger partial charge in [-0.2, -0.15) is 10.5 Å². The van der Waals surface area contributed by atoms with Gasteiger partial charge in [0, 0.05) is 4.90 Å². The highest BCUT2D eigenvalue weighted by molar-refractivity contribution is 8.13. The molecule has 0 aliphatic carbocycles. The van der Waals surface area contributed by atoms with E-state index in [1.807, 2.05) is 6.79 Å². The minimum absolute atomic E-state index is 0. The molecule has 3 heteroatoms. The minimum atomic E-state index is 0. The van der Waals surface area contributed by atoms with Crippen molar-refractivity contribution in [1.29, 1.82) is 0 Å². The highest BCUT2D eigenvalue weighted by atomic mass is 32.2. The Morgan fingerprint density at radius 3 is 1.85 bits per heavy atom. The lowest BCUT2D eigenvalue weighted by molar-refractivity contribution is -0.0979. The van der Waals surface area contributed by atoms with E-state index in [-0.39, 0.29) is 16.0 Å². The van der Waals surface area contributed by atoms with E-state index in [0.29, 0.717) is 0 Å². The first-order valence-corrected chi connectivity index (χ1v) is 5.31. The van der Waals surface area contributed by atoms with Crippen molar-refractivity contribution in [3.63, 3.8) is 0 Å². The van der Waals surface area contributed by atoms with Gasteiger partial charge in [-0.1, -0.05) is 23.6 Å². The predicted molar refractivity (Wildman–Crippen MR) is 60.8 cm³/mol. The van der Waals surface area contributed by atoms with Gasteiger partial charge in [-0.15, -0.1) is 0 Å². The van der Waals surface area contributed by atoms with Crippen LogP contribution < -0.4 is 0 Å².